The van der Waals surface area contributed by atoms with E-state index in [-0.39, 0.29) is 17.5 Å². The van der Waals surface area contributed by atoms with E-state index in [0.29, 0.717) is 11.7 Å². The van der Waals surface area contributed by atoms with Crippen LogP contribution in [0.15, 0.2) is 48.7 Å². The quantitative estimate of drug-likeness (QED) is 0.248. The van der Waals surface area contributed by atoms with Gasteiger partial charge in [-0.1, -0.05) is 117 Å². The number of benzene rings is 1. The van der Waals surface area contributed by atoms with Gasteiger partial charge in [0, 0.05) is 25.0 Å². The zero-order valence-electron chi connectivity index (χ0n) is 24.5. The molecule has 0 radical (unpaired) electrons. The lowest BCUT2D eigenvalue weighted by Crippen LogP contribution is -2.20. The van der Waals surface area contributed by atoms with Crippen LogP contribution < -0.4 is 5.73 Å². The Labute approximate surface area is 218 Å². The minimum atomic E-state index is -0.301. The molecule has 0 saturated heterocycles. The molecule has 1 aromatic carbocycles. The average Bonchev–Trinajstić information content (AvgIpc) is 2.79. The summed E-state index contributed by atoms with van der Waals surface area (Å²) in [7, 11) is 0. The van der Waals surface area contributed by atoms with Crippen LogP contribution in [0, 0.1) is 11.8 Å². The van der Waals surface area contributed by atoms with Crippen molar-refractivity contribution in [2.45, 2.75) is 120 Å². The van der Waals surface area contributed by atoms with Gasteiger partial charge in [-0.3, -0.25) is 9.59 Å². The summed E-state index contributed by atoms with van der Waals surface area (Å²) in [4.78, 5) is 32.1. The smallest absolute Gasteiger partial charge is 0.201 e. The fourth-order valence-corrected chi connectivity index (χ4v) is 2.69. The van der Waals surface area contributed by atoms with Gasteiger partial charge in [-0.15, -0.1) is 0 Å². The van der Waals surface area contributed by atoms with Crippen molar-refractivity contribution in [1.82, 2.24) is 0 Å². The number of ketones is 3. The van der Waals surface area contributed by atoms with Crippen molar-refractivity contribution in [1.29, 1.82) is 0 Å². The fraction of sp³-hybridized carbons (Fsp3) is 0.645. The summed E-state index contributed by atoms with van der Waals surface area (Å²) < 4.78 is 0. The Morgan fingerprint density at radius 3 is 1.43 bits per heavy atom. The van der Waals surface area contributed by atoms with Gasteiger partial charge >= 0.3 is 0 Å². The maximum absolute atomic E-state index is 11.1. The van der Waals surface area contributed by atoms with E-state index < -0.39 is 0 Å². The highest BCUT2D eigenvalue weighted by atomic mass is 16.2. The highest BCUT2D eigenvalue weighted by Crippen LogP contribution is 2.12. The number of hydrogen-bond acceptors (Lipinski definition) is 4. The van der Waals surface area contributed by atoms with E-state index in [2.05, 4.69) is 41.2 Å². The van der Waals surface area contributed by atoms with E-state index in [1.807, 2.05) is 50.2 Å². The Kier molecular flexibility index (Phi) is 36.3. The van der Waals surface area contributed by atoms with Crippen LogP contribution >= 0.6 is 0 Å². The number of nitrogens with two attached hydrogens (primary N) is 1. The molecule has 1 unspecified atom stereocenters. The molecule has 0 heterocycles. The molecule has 4 nitrogen and oxygen atoms in total. The monoisotopic (exact) mass is 491 g/mol. The molecule has 0 aliphatic heterocycles. The van der Waals surface area contributed by atoms with Crippen molar-refractivity contribution in [2.75, 3.05) is 0 Å². The van der Waals surface area contributed by atoms with E-state index in [1.54, 1.807) is 6.92 Å². The summed E-state index contributed by atoms with van der Waals surface area (Å²) in [5, 5.41) is 0. The van der Waals surface area contributed by atoms with Crippen molar-refractivity contribution >= 4 is 17.3 Å². The predicted octanol–water partition coefficient (Wildman–Crippen LogP) is 8.73. The van der Waals surface area contributed by atoms with E-state index in [0.717, 1.165) is 44.2 Å². The molecular formula is C31H57NO3. The predicted molar refractivity (Wildman–Crippen MR) is 154 cm³/mol. The van der Waals surface area contributed by atoms with Gasteiger partial charge in [0.05, 0.1) is 0 Å². The summed E-state index contributed by atoms with van der Waals surface area (Å²) in [6.07, 6.45) is 9.03. The van der Waals surface area contributed by atoms with Crippen molar-refractivity contribution in [3.05, 3.63) is 48.7 Å². The zero-order valence-corrected chi connectivity index (χ0v) is 24.5. The normalized spacial score (nSPS) is 9.89. The lowest BCUT2D eigenvalue weighted by Gasteiger charge is -2.08. The van der Waals surface area contributed by atoms with Gasteiger partial charge in [0.2, 0.25) is 5.78 Å². The summed E-state index contributed by atoms with van der Waals surface area (Å²) in [6.45, 7) is 21.2. The van der Waals surface area contributed by atoms with Crippen LogP contribution in [0.2, 0.25) is 0 Å². The van der Waals surface area contributed by atoms with Gasteiger partial charge in [-0.2, -0.15) is 0 Å². The second kappa shape index (κ2) is 31.8. The van der Waals surface area contributed by atoms with Crippen LogP contribution in [0.1, 0.15) is 120 Å². The Hall–Kier alpha value is -2.23. The van der Waals surface area contributed by atoms with Crippen LogP contribution in [-0.4, -0.2) is 17.3 Å². The lowest BCUT2D eigenvalue weighted by molar-refractivity contribution is -0.138. The van der Waals surface area contributed by atoms with E-state index >= 15 is 0 Å². The first-order valence-electron chi connectivity index (χ1n) is 13.4. The highest BCUT2D eigenvalue weighted by Gasteiger charge is 2.18. The Balaban J connectivity index is -0.000000180. The van der Waals surface area contributed by atoms with E-state index in [1.165, 1.54) is 26.2 Å². The molecule has 1 atom stereocenters. The molecule has 0 aromatic heterocycles. The largest absolute Gasteiger partial charge is 0.403 e. The molecule has 0 amide bonds. The summed E-state index contributed by atoms with van der Waals surface area (Å²) in [5.41, 5.74) is 6.09. The van der Waals surface area contributed by atoms with Gasteiger partial charge in [0.1, 0.15) is 5.78 Å². The lowest BCUT2D eigenvalue weighted by atomic mass is 9.94. The maximum atomic E-state index is 11.1. The molecule has 0 spiro atoms. The molecule has 2 N–H and O–H groups in total. The SMILES string of the molecule is C=C(N)CC(C)C.CCC.CCCC(CC)C(=O)C(C)=O.CCCCCC(C)=O.c1ccccc1. The number of carbonyl (C=O) groups excluding carboxylic acids is 3. The molecule has 1 aromatic rings. The molecular weight excluding hydrogens is 434 g/mol. The Bertz CT molecular complexity index is 582. The summed E-state index contributed by atoms with van der Waals surface area (Å²) in [5.74, 6) is 0.438. The number of Topliss-reactive ketones (excluding diaryl/α,β-unsaturated/α-hetero) is 3. The Morgan fingerprint density at radius 1 is 0.800 bits per heavy atom. The first kappa shape index (κ1) is 40.0. The first-order valence-corrected chi connectivity index (χ1v) is 13.4. The number of allylic oxidation sites excluding steroid dienone is 1. The van der Waals surface area contributed by atoms with E-state index in [4.69, 9.17) is 5.73 Å². The van der Waals surface area contributed by atoms with Gasteiger partial charge in [0.25, 0.3) is 0 Å². The average molecular weight is 492 g/mol. The van der Waals surface area contributed by atoms with Crippen molar-refractivity contribution < 1.29 is 14.4 Å². The zero-order chi connectivity index (χ0) is 28.1. The standard InChI is InChI=1S/C9H16O2.C7H14O.C6H13N.C6H6.C3H8/c1-4-6-8(5-2)9(11)7(3)10;1-3-4-5-6-7(2)8;1-5(2)4-6(3)7;1-2-4-6-5-3-1;1-3-2/h8H,4-6H2,1-3H3;3-6H2,1-2H3;5H,3-4,7H2,1-2H3;1-6H;3H2,1-2H3. The minimum absolute atomic E-state index is 0.0301. The van der Waals surface area contributed by atoms with Crippen LogP contribution in [0.5, 0.6) is 0 Å². The second-order valence-electron chi connectivity index (χ2n) is 9.09. The maximum Gasteiger partial charge on any atom is 0.201 e. The molecule has 35 heavy (non-hydrogen) atoms. The van der Waals surface area contributed by atoms with Gasteiger partial charge in [0.15, 0.2) is 5.78 Å². The van der Waals surface area contributed by atoms with Crippen molar-refractivity contribution in [2.24, 2.45) is 17.6 Å². The first-order chi connectivity index (χ1) is 16.4. The van der Waals surface area contributed by atoms with Gasteiger partial charge in [-0.05, 0) is 38.5 Å². The number of carbonyl (C=O) groups is 3. The molecule has 204 valence electrons. The highest BCUT2D eigenvalue weighted by molar-refractivity contribution is 6.36. The van der Waals surface area contributed by atoms with Crippen LogP contribution in [0.3, 0.4) is 0 Å². The van der Waals surface area contributed by atoms with Gasteiger partial charge < -0.3 is 10.5 Å². The summed E-state index contributed by atoms with van der Waals surface area (Å²) in [6, 6.07) is 12.0. The minimum Gasteiger partial charge on any atom is -0.403 e. The molecule has 4 heteroatoms. The second-order valence-corrected chi connectivity index (χ2v) is 9.09. The van der Waals surface area contributed by atoms with Crippen LogP contribution in [-0.2, 0) is 14.4 Å². The topological polar surface area (TPSA) is 77.2 Å². The number of unbranched alkanes of at least 4 members (excludes halogenated alkanes) is 2. The third kappa shape index (κ3) is 42.4. The van der Waals surface area contributed by atoms with E-state index in [9.17, 15) is 14.4 Å². The molecule has 0 aliphatic rings. The fourth-order valence-electron chi connectivity index (χ4n) is 2.69. The van der Waals surface area contributed by atoms with Crippen molar-refractivity contribution in [3.63, 3.8) is 0 Å². The third-order valence-electron chi connectivity index (χ3n) is 4.32. The Morgan fingerprint density at radius 2 is 1.23 bits per heavy atom. The molecule has 1 rings (SSSR count). The van der Waals surface area contributed by atoms with Crippen LogP contribution in [0.4, 0.5) is 0 Å². The number of hydrogen-bond donors (Lipinski definition) is 1. The van der Waals surface area contributed by atoms with Gasteiger partial charge in [-0.25, -0.2) is 0 Å². The molecule has 0 fully saturated rings. The number of rotatable bonds is 11. The van der Waals surface area contributed by atoms with Crippen LogP contribution in [0.25, 0.3) is 0 Å². The molecule has 0 aliphatic carbocycles. The molecule has 0 bridgehead atoms. The van der Waals surface area contributed by atoms with Crippen molar-refractivity contribution in [3.8, 4) is 0 Å². The third-order valence-corrected chi connectivity index (χ3v) is 4.32. The molecule has 0 saturated carbocycles. The summed E-state index contributed by atoms with van der Waals surface area (Å²) >= 11 is 0.